The van der Waals surface area contributed by atoms with Gasteiger partial charge in [0.05, 0.1) is 35.6 Å². The largest absolute Gasteiger partial charge is 0.0629 e. The van der Waals surface area contributed by atoms with Gasteiger partial charge < -0.3 is 0 Å². The molecule has 0 saturated heterocycles. The molecular weight excluding hydrogens is 528 g/mol. The van der Waals surface area contributed by atoms with Gasteiger partial charge in [-0.05, 0) is 77.4 Å². The minimum absolute atomic E-state index is 0.0843. The normalized spacial score (nSPS) is 21.5. The summed E-state index contributed by atoms with van der Waals surface area (Å²) < 4.78 is 260. The third kappa shape index (κ3) is 15.5. The van der Waals surface area contributed by atoms with Crippen LogP contribution in [0.3, 0.4) is 0 Å². The summed E-state index contributed by atoms with van der Waals surface area (Å²) in [4.78, 5) is 0. The van der Waals surface area contributed by atoms with E-state index in [0.29, 0.717) is 5.56 Å². The zero-order chi connectivity index (χ0) is 62.3. The maximum atomic E-state index is 7.97. The lowest BCUT2D eigenvalue weighted by Gasteiger charge is -2.00. The van der Waals surface area contributed by atoms with E-state index in [1.54, 1.807) is 0 Å². The van der Waals surface area contributed by atoms with E-state index < -0.39 is 116 Å². The Morgan fingerprint density at radius 1 is 0.318 bits per heavy atom. The quantitative estimate of drug-likeness (QED) is 0.173. The molecule has 6 rings (SSSR count). The van der Waals surface area contributed by atoms with E-state index in [4.69, 9.17) is 48.0 Å². The van der Waals surface area contributed by atoms with Crippen LogP contribution in [0.1, 0.15) is 92.5 Å². The molecule has 0 spiro atoms. The van der Waals surface area contributed by atoms with Crippen molar-refractivity contribution >= 4 is 0 Å². The van der Waals surface area contributed by atoms with Crippen molar-refractivity contribution in [3.63, 3.8) is 0 Å². The van der Waals surface area contributed by atoms with Crippen LogP contribution in [0.15, 0.2) is 157 Å². The zero-order valence-electron chi connectivity index (χ0n) is 59.5. The van der Waals surface area contributed by atoms with Crippen molar-refractivity contribution in [3.05, 3.63) is 202 Å². The number of benzene rings is 6. The summed E-state index contributed by atoms with van der Waals surface area (Å²) in [6.45, 7) is -0.524. The first-order valence-corrected chi connectivity index (χ1v) is 12.5. The van der Waals surface area contributed by atoms with Crippen molar-refractivity contribution < 1.29 is 48.0 Å². The molecule has 44 heavy (non-hydrogen) atoms. The van der Waals surface area contributed by atoms with Crippen molar-refractivity contribution in [3.8, 4) is 11.1 Å². The van der Waals surface area contributed by atoms with Gasteiger partial charge in [-0.3, -0.25) is 0 Å². The average Bonchev–Trinajstić information content (AvgIpc) is 3.36. The maximum absolute atomic E-state index is 7.97. The molecule has 0 nitrogen and oxygen atoms in total. The molecule has 0 N–H and O–H groups in total. The first-order valence-electron chi connectivity index (χ1n) is 30.0. The van der Waals surface area contributed by atoms with Crippen LogP contribution in [-0.2, 0) is 0 Å². The lowest BCUT2D eigenvalue weighted by molar-refractivity contribution is 1.34. The molecule has 0 aliphatic carbocycles. The SMILES string of the molecule is [2H]c1c([2H])c(C([2H])([2H])[2H])c([2H])c([2H])c1C.[2H]c1c([2H])c(C)c([2H])c(C([2H])([2H])[2H])c1[2H].[2H]c1c([2H])c([2H])c(-c2c([2H])c([2H])c(C)c([2H])c2[2H])c([2H])c1[2H].[2H]c1c([2H])c([2H])c(C([2H])([2H])[2H])c(C)c1[2H].[2H]c1c([2H])c([2H])c(C)c([2H])c1[2H]. The highest BCUT2D eigenvalue weighted by molar-refractivity contribution is 5.63. The van der Waals surface area contributed by atoms with Gasteiger partial charge in [0.2, 0.25) is 0 Å². The van der Waals surface area contributed by atoms with Gasteiger partial charge in [0, 0.05) is 12.3 Å². The standard InChI is InChI=1S/C13H12.3C8H10.C7H8/c1-11-7-9-13(10-8-11)12-5-3-2-4-6-12;1-7-3-5-8(2)6-4-7;1-7-4-3-5-8(2)6-7;1-7-5-3-4-6-8(7)2;1-7-5-3-2-4-6-7/h2-10H,1H3;3*3-6H,1-2H3;2-6H,1H3/i2D,3D,4D,5D,6D,7D,8D,9D,10D;3*1D3,3D,4D,5D,6D;2D,3D,4D,5D,6D. The molecule has 0 aliphatic rings. The minimum Gasteiger partial charge on any atom is -0.0622 e. The Hall–Kier alpha value is -4.68. The van der Waals surface area contributed by atoms with E-state index in [-0.39, 0.29) is 111 Å². The summed E-state index contributed by atoms with van der Waals surface area (Å²) in [5, 5.41) is 0. The van der Waals surface area contributed by atoms with Crippen LogP contribution in [0.4, 0.5) is 0 Å². The molecule has 0 saturated carbocycles. The molecule has 0 aromatic heterocycles. The van der Waals surface area contributed by atoms with Gasteiger partial charge in [-0.25, -0.2) is 0 Å². The Kier molecular flexibility index (Phi) is 4.69. The van der Waals surface area contributed by atoms with Gasteiger partial charge in [-0.2, -0.15) is 0 Å². The first kappa shape index (κ1) is 10.2. The van der Waals surface area contributed by atoms with Crippen LogP contribution in [0.5, 0.6) is 0 Å². The monoisotopic (exact) mass is 614 g/mol. The third-order valence-electron chi connectivity index (χ3n) is 4.50. The number of hydrogen-bond donors (Lipinski definition) is 0. The van der Waals surface area contributed by atoms with Crippen LogP contribution in [0.2, 0.25) is 0 Å². The van der Waals surface area contributed by atoms with Crippen molar-refractivity contribution in [1.29, 1.82) is 0 Å². The molecule has 0 heteroatoms. The molecule has 0 atom stereocenters. The molecule has 0 amide bonds. The van der Waals surface area contributed by atoms with E-state index >= 15 is 0 Å². The molecule has 6 aromatic rings. The second-order valence-electron chi connectivity index (χ2n) is 8.25. The van der Waals surface area contributed by atoms with E-state index in [2.05, 4.69) is 0 Å². The van der Waals surface area contributed by atoms with Crippen molar-refractivity contribution in [1.82, 2.24) is 0 Å². The Morgan fingerprint density at radius 3 is 1.30 bits per heavy atom. The van der Waals surface area contributed by atoms with Crippen LogP contribution in [0, 0.1) is 55.2 Å². The average molecular weight is 614 g/mol. The van der Waals surface area contributed by atoms with E-state index in [0.717, 1.165) is 0 Å². The Labute approximate surface area is 317 Å². The molecular formula is C44H50. The molecule has 0 aliphatic heterocycles. The summed E-state index contributed by atoms with van der Waals surface area (Å²) in [7, 11) is 0. The summed E-state index contributed by atoms with van der Waals surface area (Å²) in [5.74, 6) is 0. The number of hydrogen-bond acceptors (Lipinski definition) is 0. The third-order valence-corrected chi connectivity index (χ3v) is 4.50. The highest BCUT2D eigenvalue weighted by Crippen LogP contribution is 2.18. The molecule has 226 valence electrons. The minimum atomic E-state index is -2.62. The van der Waals surface area contributed by atoms with Gasteiger partial charge in [-0.1, -0.05) is 190 Å². The van der Waals surface area contributed by atoms with Gasteiger partial charge in [0.1, 0.15) is 0 Å². The molecule has 0 unspecified atom stereocenters. The van der Waals surface area contributed by atoms with Crippen molar-refractivity contribution in [2.45, 2.75) is 55.2 Å². The smallest absolute Gasteiger partial charge is 0.0622 e. The number of rotatable bonds is 1. The molecule has 6 aromatic carbocycles. The summed E-state index contributed by atoms with van der Waals surface area (Å²) in [5.41, 5.74) is -1.04. The fourth-order valence-electron chi connectivity index (χ4n) is 2.38. The highest BCUT2D eigenvalue weighted by atomic mass is 14.0. The topological polar surface area (TPSA) is 0 Å². The first-order chi connectivity index (χ1) is 35.6. The zero-order valence-corrected chi connectivity index (χ0v) is 24.5. The van der Waals surface area contributed by atoms with Gasteiger partial charge >= 0.3 is 0 Å². The van der Waals surface area contributed by atoms with E-state index in [9.17, 15) is 0 Å². The van der Waals surface area contributed by atoms with Crippen LogP contribution in [-0.4, -0.2) is 0 Å². The van der Waals surface area contributed by atoms with Crippen LogP contribution < -0.4 is 0 Å². The van der Waals surface area contributed by atoms with Crippen LogP contribution in [0.25, 0.3) is 11.1 Å². The van der Waals surface area contributed by atoms with Crippen molar-refractivity contribution in [2.75, 3.05) is 0 Å². The summed E-state index contributed by atoms with van der Waals surface area (Å²) in [6.07, 6.45) is 0. The molecule has 0 bridgehead atoms. The van der Waals surface area contributed by atoms with Crippen molar-refractivity contribution in [2.24, 2.45) is 0 Å². The Bertz CT molecular complexity index is 2840. The Morgan fingerprint density at radius 2 is 0.727 bits per heavy atom. The predicted octanol–water partition coefficient (Wildman–Crippen LogP) is 12.6. The summed E-state index contributed by atoms with van der Waals surface area (Å²) in [6, 6.07) is -10.1. The second-order valence-corrected chi connectivity index (χ2v) is 8.25. The van der Waals surface area contributed by atoms with Crippen LogP contribution >= 0.6 is 0 Å². The van der Waals surface area contributed by atoms with E-state index in [1.807, 2.05) is 0 Å². The Balaban J connectivity index is 0.000000343. The van der Waals surface area contributed by atoms with Gasteiger partial charge in [0.15, 0.2) is 0 Å². The lowest BCUT2D eigenvalue weighted by atomic mass is 10.0. The summed E-state index contributed by atoms with van der Waals surface area (Å²) >= 11 is 0. The highest BCUT2D eigenvalue weighted by Gasteiger charge is 1.94. The maximum Gasteiger partial charge on any atom is 0.0629 e. The van der Waals surface area contributed by atoms with E-state index in [1.165, 1.54) is 34.6 Å². The fourth-order valence-corrected chi connectivity index (χ4v) is 2.38. The molecule has 0 heterocycles. The fraction of sp³-hybridized carbons (Fsp3) is 0.182. The second kappa shape index (κ2) is 20.3. The predicted molar refractivity (Wildman–Crippen MR) is 196 cm³/mol. The molecule has 0 radical (unpaired) electrons. The van der Waals surface area contributed by atoms with Gasteiger partial charge in [-0.15, -0.1) is 0 Å². The van der Waals surface area contributed by atoms with Gasteiger partial charge in [0.25, 0.3) is 0 Å². The lowest BCUT2D eigenvalue weighted by Crippen LogP contribution is -1.76. The molecule has 0 fully saturated rings.